The summed E-state index contributed by atoms with van der Waals surface area (Å²) in [6, 6.07) is 16.0. The number of nitrogens with one attached hydrogen (secondary N) is 1. The van der Waals surface area contributed by atoms with Crippen molar-refractivity contribution in [1.29, 1.82) is 0 Å². The highest BCUT2D eigenvalue weighted by atomic mass is 79.9. The monoisotopic (exact) mass is 336 g/mol. The molecule has 0 aliphatic rings. The van der Waals surface area contributed by atoms with Gasteiger partial charge in [-0.2, -0.15) is 5.10 Å². The van der Waals surface area contributed by atoms with E-state index in [1.54, 1.807) is 42.5 Å². The van der Waals surface area contributed by atoms with Crippen molar-refractivity contribution in [2.24, 2.45) is 5.10 Å². The zero-order valence-corrected chi connectivity index (χ0v) is 12.1. The highest BCUT2D eigenvalue weighted by molar-refractivity contribution is 9.19. The molecule has 2 aromatic rings. The minimum atomic E-state index is -0.185. The van der Waals surface area contributed by atoms with Gasteiger partial charge in [-0.1, -0.05) is 48.0 Å². The Balaban J connectivity index is 2.09. The maximum absolute atomic E-state index is 12.0. The summed E-state index contributed by atoms with van der Waals surface area (Å²) in [6.07, 6.45) is 0. The Bertz CT molecular complexity index is 614. The van der Waals surface area contributed by atoms with Crippen LogP contribution < -0.4 is 5.43 Å². The Labute approximate surface area is 124 Å². The summed E-state index contributed by atoms with van der Waals surface area (Å²) in [5.74, 6) is -0.185. The number of benzene rings is 2. The molecule has 0 fully saturated rings. The van der Waals surface area contributed by atoms with Crippen molar-refractivity contribution < 1.29 is 4.79 Å². The molecule has 96 valence electrons. The SMILES string of the molecule is O=C(/C(Br)=N/Nc1cccc(Cl)c1)c1ccccc1. The van der Waals surface area contributed by atoms with Crippen LogP contribution >= 0.6 is 27.5 Å². The largest absolute Gasteiger partial charge is 0.286 e. The zero-order chi connectivity index (χ0) is 13.7. The molecule has 2 rings (SSSR count). The maximum Gasteiger partial charge on any atom is 0.220 e. The Morgan fingerprint density at radius 3 is 2.53 bits per heavy atom. The summed E-state index contributed by atoms with van der Waals surface area (Å²) in [5.41, 5.74) is 4.06. The second-order valence-electron chi connectivity index (χ2n) is 3.72. The van der Waals surface area contributed by atoms with Gasteiger partial charge in [-0.05, 0) is 34.1 Å². The molecule has 0 atom stereocenters. The second-order valence-corrected chi connectivity index (χ2v) is 4.91. The molecule has 0 spiro atoms. The lowest BCUT2D eigenvalue weighted by molar-refractivity contribution is 0.106. The van der Waals surface area contributed by atoms with E-state index in [4.69, 9.17) is 11.6 Å². The average Bonchev–Trinajstić information content (AvgIpc) is 2.45. The number of carbonyl (C=O) groups excluding carboxylic acids is 1. The predicted octanol–water partition coefficient (Wildman–Crippen LogP) is 4.34. The molecule has 0 heterocycles. The minimum absolute atomic E-state index is 0.185. The average molecular weight is 338 g/mol. The second kappa shape index (κ2) is 6.50. The number of nitrogens with zero attached hydrogens (tertiary/aromatic N) is 1. The molecule has 0 amide bonds. The fourth-order valence-electron chi connectivity index (χ4n) is 1.43. The van der Waals surface area contributed by atoms with Gasteiger partial charge >= 0.3 is 0 Å². The first-order chi connectivity index (χ1) is 9.16. The molecule has 5 heteroatoms. The first kappa shape index (κ1) is 13.8. The van der Waals surface area contributed by atoms with Crippen molar-refractivity contribution in [3.05, 3.63) is 65.2 Å². The Morgan fingerprint density at radius 1 is 1.11 bits per heavy atom. The number of hydrazone groups is 1. The molecule has 1 N–H and O–H groups in total. The number of hydrogen-bond acceptors (Lipinski definition) is 3. The number of hydrogen-bond donors (Lipinski definition) is 1. The summed E-state index contributed by atoms with van der Waals surface area (Å²) in [4.78, 5) is 12.0. The predicted molar refractivity (Wildman–Crippen MR) is 82.2 cm³/mol. The normalized spacial score (nSPS) is 11.2. The van der Waals surface area contributed by atoms with Crippen LogP contribution in [0, 0.1) is 0 Å². The molecule has 19 heavy (non-hydrogen) atoms. The molecular weight excluding hydrogens is 328 g/mol. The van der Waals surface area contributed by atoms with Gasteiger partial charge in [0, 0.05) is 10.6 Å². The van der Waals surface area contributed by atoms with E-state index in [2.05, 4.69) is 26.5 Å². The van der Waals surface area contributed by atoms with Gasteiger partial charge in [0.15, 0.2) is 4.62 Å². The summed E-state index contributed by atoms with van der Waals surface area (Å²) < 4.78 is 0.207. The van der Waals surface area contributed by atoms with E-state index in [-0.39, 0.29) is 10.4 Å². The maximum atomic E-state index is 12.0. The molecule has 0 radical (unpaired) electrons. The molecule has 0 aliphatic carbocycles. The molecule has 0 aliphatic heterocycles. The van der Waals surface area contributed by atoms with Crippen molar-refractivity contribution in [2.75, 3.05) is 5.43 Å². The van der Waals surface area contributed by atoms with E-state index < -0.39 is 0 Å². The van der Waals surface area contributed by atoms with E-state index in [0.29, 0.717) is 16.3 Å². The quantitative estimate of drug-likeness (QED) is 0.512. The standard InChI is InChI=1S/C14H10BrClN2O/c15-14(13(19)10-5-2-1-3-6-10)18-17-12-8-4-7-11(16)9-12/h1-9,17H/b18-14-. The molecular formula is C14H10BrClN2O. The third-order valence-corrected chi connectivity index (χ3v) is 3.10. The molecule has 0 aromatic heterocycles. The van der Waals surface area contributed by atoms with Crippen LogP contribution in [0.3, 0.4) is 0 Å². The number of halogens is 2. The topological polar surface area (TPSA) is 41.5 Å². The van der Waals surface area contributed by atoms with Crippen molar-refractivity contribution in [3.63, 3.8) is 0 Å². The van der Waals surface area contributed by atoms with Gasteiger partial charge in [0.05, 0.1) is 5.69 Å². The lowest BCUT2D eigenvalue weighted by Crippen LogP contribution is -2.09. The summed E-state index contributed by atoms with van der Waals surface area (Å²) in [6.45, 7) is 0. The molecule has 0 saturated carbocycles. The van der Waals surface area contributed by atoms with Gasteiger partial charge in [0.1, 0.15) is 0 Å². The van der Waals surface area contributed by atoms with Crippen molar-refractivity contribution in [3.8, 4) is 0 Å². The van der Waals surface area contributed by atoms with Crippen LogP contribution in [0.25, 0.3) is 0 Å². The number of Topliss-reactive ketones (excluding diaryl/α,β-unsaturated/α-hetero) is 1. The van der Waals surface area contributed by atoms with E-state index in [1.807, 2.05) is 12.1 Å². The lowest BCUT2D eigenvalue weighted by atomic mass is 10.1. The zero-order valence-electron chi connectivity index (χ0n) is 9.81. The van der Waals surface area contributed by atoms with Crippen molar-refractivity contribution in [1.82, 2.24) is 0 Å². The Kier molecular flexibility index (Phi) is 4.71. The highest BCUT2D eigenvalue weighted by Crippen LogP contribution is 2.15. The number of rotatable bonds is 4. The molecule has 2 aromatic carbocycles. The van der Waals surface area contributed by atoms with Crippen LogP contribution in [0.1, 0.15) is 10.4 Å². The van der Waals surface area contributed by atoms with Gasteiger partial charge in [0.2, 0.25) is 5.78 Å². The Hall–Kier alpha value is -1.65. The van der Waals surface area contributed by atoms with E-state index >= 15 is 0 Å². The van der Waals surface area contributed by atoms with E-state index in [9.17, 15) is 4.79 Å². The van der Waals surface area contributed by atoms with Crippen LogP contribution in [-0.2, 0) is 0 Å². The summed E-state index contributed by atoms with van der Waals surface area (Å²) >= 11 is 9.01. The van der Waals surface area contributed by atoms with E-state index in [1.165, 1.54) is 0 Å². The van der Waals surface area contributed by atoms with Crippen molar-refractivity contribution >= 4 is 43.6 Å². The molecule has 0 bridgehead atoms. The minimum Gasteiger partial charge on any atom is -0.286 e. The summed E-state index contributed by atoms with van der Waals surface area (Å²) in [5, 5.41) is 4.59. The lowest BCUT2D eigenvalue weighted by Gasteiger charge is -2.02. The van der Waals surface area contributed by atoms with Gasteiger partial charge in [0.25, 0.3) is 0 Å². The van der Waals surface area contributed by atoms with Crippen LogP contribution in [0.4, 0.5) is 5.69 Å². The molecule has 0 unspecified atom stereocenters. The van der Waals surface area contributed by atoms with Gasteiger partial charge < -0.3 is 0 Å². The van der Waals surface area contributed by atoms with Gasteiger partial charge in [-0.3, -0.25) is 10.2 Å². The van der Waals surface area contributed by atoms with Gasteiger partial charge in [-0.25, -0.2) is 0 Å². The fourth-order valence-corrected chi connectivity index (χ4v) is 1.94. The smallest absolute Gasteiger partial charge is 0.220 e. The Morgan fingerprint density at radius 2 is 1.84 bits per heavy atom. The third-order valence-electron chi connectivity index (χ3n) is 2.33. The van der Waals surface area contributed by atoms with Crippen LogP contribution in [-0.4, -0.2) is 10.4 Å². The van der Waals surface area contributed by atoms with Crippen LogP contribution in [0.15, 0.2) is 59.7 Å². The highest BCUT2D eigenvalue weighted by Gasteiger charge is 2.10. The molecule has 0 saturated heterocycles. The first-order valence-electron chi connectivity index (χ1n) is 5.51. The van der Waals surface area contributed by atoms with Crippen LogP contribution in [0.2, 0.25) is 5.02 Å². The van der Waals surface area contributed by atoms with Crippen LogP contribution in [0.5, 0.6) is 0 Å². The fraction of sp³-hybridized carbons (Fsp3) is 0. The first-order valence-corrected chi connectivity index (χ1v) is 6.68. The number of carbonyl (C=O) groups is 1. The van der Waals surface area contributed by atoms with Gasteiger partial charge in [-0.15, -0.1) is 0 Å². The summed E-state index contributed by atoms with van der Waals surface area (Å²) in [7, 11) is 0. The molecule has 3 nitrogen and oxygen atoms in total. The van der Waals surface area contributed by atoms with Crippen molar-refractivity contribution in [2.45, 2.75) is 0 Å². The number of anilines is 1. The third kappa shape index (κ3) is 3.91. The number of ketones is 1. The van der Waals surface area contributed by atoms with E-state index in [0.717, 1.165) is 0 Å².